The first-order valence-corrected chi connectivity index (χ1v) is 10.2. The third-order valence-corrected chi connectivity index (χ3v) is 5.64. The number of hydrogen-bond donors (Lipinski definition) is 0. The van der Waals surface area contributed by atoms with Crippen molar-refractivity contribution in [3.8, 4) is 5.75 Å². The Morgan fingerprint density at radius 3 is 2.65 bits per heavy atom. The van der Waals surface area contributed by atoms with E-state index in [0.717, 1.165) is 35.4 Å². The normalized spacial score (nSPS) is 14.9. The van der Waals surface area contributed by atoms with E-state index in [0.29, 0.717) is 17.8 Å². The summed E-state index contributed by atoms with van der Waals surface area (Å²) >= 11 is 0. The Hall–Kier alpha value is -3.61. The molecule has 0 saturated carbocycles. The summed E-state index contributed by atoms with van der Waals surface area (Å²) in [6.07, 6.45) is 1.69. The lowest BCUT2D eigenvalue weighted by Crippen LogP contribution is -2.38. The minimum absolute atomic E-state index is 0.0141. The average molecular weight is 420 g/mol. The van der Waals surface area contributed by atoms with Crippen molar-refractivity contribution >= 4 is 29.2 Å². The second-order valence-electron chi connectivity index (χ2n) is 7.50. The molecule has 0 saturated heterocycles. The molecule has 0 fully saturated rings. The highest BCUT2D eigenvalue weighted by atomic mass is 16.5. The number of anilines is 1. The maximum Gasteiger partial charge on any atom is 0.308 e. The van der Waals surface area contributed by atoms with Crippen molar-refractivity contribution in [3.63, 3.8) is 0 Å². The van der Waals surface area contributed by atoms with Gasteiger partial charge in [-0.3, -0.25) is 14.4 Å². The number of amides is 2. The summed E-state index contributed by atoms with van der Waals surface area (Å²) in [5.41, 5.74) is 3.79. The third kappa shape index (κ3) is 4.03. The Kier molecular flexibility index (Phi) is 5.75. The summed E-state index contributed by atoms with van der Waals surface area (Å²) in [4.78, 5) is 40.5. The summed E-state index contributed by atoms with van der Waals surface area (Å²) in [5, 5.41) is 0. The van der Waals surface area contributed by atoms with Gasteiger partial charge in [-0.25, -0.2) is 0 Å². The van der Waals surface area contributed by atoms with Gasteiger partial charge in [0.05, 0.1) is 13.5 Å². The maximum atomic E-state index is 12.7. The number of aryl methyl sites for hydroxylation is 1. The molecule has 0 atom stereocenters. The molecule has 2 amide bonds. The van der Waals surface area contributed by atoms with Gasteiger partial charge in [-0.1, -0.05) is 24.8 Å². The predicted octanol–water partition coefficient (Wildman–Crippen LogP) is 3.03. The maximum absolute atomic E-state index is 12.7. The first kappa shape index (κ1) is 20.7. The average Bonchev–Trinajstić information content (AvgIpc) is 3.05. The van der Waals surface area contributed by atoms with E-state index >= 15 is 0 Å². The van der Waals surface area contributed by atoms with Crippen LogP contribution in [0, 0.1) is 0 Å². The largest absolute Gasteiger partial charge is 0.497 e. The van der Waals surface area contributed by atoms with E-state index < -0.39 is 5.97 Å². The highest BCUT2D eigenvalue weighted by molar-refractivity contribution is 6.08. The lowest BCUT2D eigenvalue weighted by atomic mass is 10.0. The Labute approximate surface area is 180 Å². The van der Waals surface area contributed by atoms with Crippen LogP contribution in [0.5, 0.6) is 5.75 Å². The molecule has 2 aromatic rings. The van der Waals surface area contributed by atoms with Crippen LogP contribution in [0.3, 0.4) is 0 Å². The van der Waals surface area contributed by atoms with Crippen LogP contribution in [0.4, 0.5) is 5.69 Å². The molecule has 4 rings (SSSR count). The van der Waals surface area contributed by atoms with Crippen LogP contribution >= 0.6 is 0 Å². The number of carbonyl (C=O) groups excluding carboxylic acids is 3. The molecule has 31 heavy (non-hydrogen) atoms. The Balaban J connectivity index is 1.31. The lowest BCUT2D eigenvalue weighted by molar-refractivity contribution is -0.147. The molecule has 0 unspecified atom stereocenters. The molecule has 7 nitrogen and oxygen atoms in total. The number of benzene rings is 2. The standard InChI is InChI=1S/C24H24N2O5/c1-16-19-7-3-4-8-20(19)24(29)25(16)13-11-23(28)31-15-22(27)26-12-5-6-17-14-18(30-2)9-10-21(17)26/h3-4,7-10,14H,1,5-6,11-13,15H2,2H3. The minimum atomic E-state index is -0.531. The second-order valence-corrected chi connectivity index (χ2v) is 7.50. The number of hydrogen-bond acceptors (Lipinski definition) is 5. The molecule has 7 heteroatoms. The Morgan fingerprint density at radius 1 is 1.13 bits per heavy atom. The molecule has 0 spiro atoms. The summed E-state index contributed by atoms with van der Waals surface area (Å²) in [6, 6.07) is 12.8. The van der Waals surface area contributed by atoms with Crippen molar-refractivity contribution in [3.05, 3.63) is 65.7 Å². The second kappa shape index (κ2) is 8.63. The minimum Gasteiger partial charge on any atom is -0.497 e. The number of fused-ring (bicyclic) bond motifs is 2. The number of carbonyl (C=O) groups is 3. The van der Waals surface area contributed by atoms with Crippen molar-refractivity contribution in [2.75, 3.05) is 31.7 Å². The van der Waals surface area contributed by atoms with Gasteiger partial charge in [-0.15, -0.1) is 0 Å². The summed E-state index contributed by atoms with van der Waals surface area (Å²) < 4.78 is 10.5. The van der Waals surface area contributed by atoms with Gasteiger partial charge in [-0.2, -0.15) is 0 Å². The predicted molar refractivity (Wildman–Crippen MR) is 116 cm³/mol. The molecular weight excluding hydrogens is 396 g/mol. The zero-order valence-electron chi connectivity index (χ0n) is 17.4. The number of rotatable bonds is 6. The van der Waals surface area contributed by atoms with Crippen molar-refractivity contribution in [1.29, 1.82) is 0 Å². The van der Waals surface area contributed by atoms with Gasteiger partial charge in [0.1, 0.15) is 5.75 Å². The van der Waals surface area contributed by atoms with E-state index in [1.54, 1.807) is 24.1 Å². The first-order chi connectivity index (χ1) is 15.0. The lowest BCUT2D eigenvalue weighted by Gasteiger charge is -2.29. The zero-order valence-corrected chi connectivity index (χ0v) is 17.4. The van der Waals surface area contributed by atoms with Crippen molar-refractivity contribution < 1.29 is 23.9 Å². The Morgan fingerprint density at radius 2 is 1.90 bits per heavy atom. The molecule has 2 aromatic carbocycles. The molecular formula is C24H24N2O5. The van der Waals surface area contributed by atoms with Crippen molar-refractivity contribution in [1.82, 2.24) is 4.90 Å². The fourth-order valence-electron chi connectivity index (χ4n) is 4.03. The molecule has 0 aliphatic carbocycles. The van der Waals surface area contributed by atoms with Crippen LogP contribution in [-0.2, 0) is 20.7 Å². The number of ether oxygens (including phenoxy) is 2. The molecule has 2 aliphatic rings. The van der Waals surface area contributed by atoms with Crippen molar-refractivity contribution in [2.24, 2.45) is 0 Å². The first-order valence-electron chi connectivity index (χ1n) is 10.2. The summed E-state index contributed by atoms with van der Waals surface area (Å²) in [5.74, 6) is -0.227. The summed E-state index contributed by atoms with van der Waals surface area (Å²) in [7, 11) is 1.61. The molecule has 0 aromatic heterocycles. The molecule has 2 heterocycles. The van der Waals surface area contributed by atoms with Gasteiger partial charge in [-0.05, 0) is 42.7 Å². The van der Waals surface area contributed by atoms with Crippen LogP contribution < -0.4 is 9.64 Å². The van der Waals surface area contributed by atoms with E-state index in [9.17, 15) is 14.4 Å². The number of nitrogens with zero attached hydrogens (tertiary/aromatic N) is 2. The van der Waals surface area contributed by atoms with Gasteiger partial charge in [0.25, 0.3) is 11.8 Å². The zero-order chi connectivity index (χ0) is 22.0. The van der Waals surface area contributed by atoms with Gasteiger partial charge in [0.15, 0.2) is 6.61 Å². The van der Waals surface area contributed by atoms with Gasteiger partial charge in [0.2, 0.25) is 0 Å². The molecule has 0 radical (unpaired) electrons. The number of methoxy groups -OCH3 is 1. The van der Waals surface area contributed by atoms with Crippen molar-refractivity contribution in [2.45, 2.75) is 19.3 Å². The van der Waals surface area contributed by atoms with Gasteiger partial charge >= 0.3 is 5.97 Å². The molecule has 0 bridgehead atoms. The fraction of sp³-hybridized carbons (Fsp3) is 0.292. The van der Waals surface area contributed by atoms with Crippen LogP contribution in [0.1, 0.15) is 34.3 Å². The van der Waals surface area contributed by atoms with E-state index in [-0.39, 0.29) is 31.4 Å². The molecule has 2 aliphatic heterocycles. The highest BCUT2D eigenvalue weighted by Crippen LogP contribution is 2.32. The highest BCUT2D eigenvalue weighted by Gasteiger charge is 2.31. The van der Waals surface area contributed by atoms with E-state index in [1.807, 2.05) is 30.3 Å². The van der Waals surface area contributed by atoms with Gasteiger partial charge < -0.3 is 19.3 Å². The van der Waals surface area contributed by atoms with Crippen LogP contribution in [-0.4, -0.2) is 49.5 Å². The third-order valence-electron chi connectivity index (χ3n) is 5.64. The van der Waals surface area contributed by atoms with Gasteiger partial charge in [0, 0.05) is 35.6 Å². The van der Waals surface area contributed by atoms with Crippen LogP contribution in [0.15, 0.2) is 49.0 Å². The molecule has 0 N–H and O–H groups in total. The van der Waals surface area contributed by atoms with E-state index in [1.165, 1.54) is 4.90 Å². The number of esters is 1. The Bertz CT molecular complexity index is 1030. The monoisotopic (exact) mass is 420 g/mol. The van der Waals surface area contributed by atoms with E-state index in [2.05, 4.69) is 6.58 Å². The fourth-order valence-corrected chi connectivity index (χ4v) is 4.03. The van der Waals surface area contributed by atoms with E-state index in [4.69, 9.17) is 9.47 Å². The SMILES string of the molecule is C=C1c2ccccc2C(=O)N1CCC(=O)OCC(=O)N1CCCc2cc(OC)ccc21. The topological polar surface area (TPSA) is 76.2 Å². The summed E-state index contributed by atoms with van der Waals surface area (Å²) in [6.45, 7) is 4.36. The smallest absolute Gasteiger partial charge is 0.308 e. The quantitative estimate of drug-likeness (QED) is 0.672. The van der Waals surface area contributed by atoms with Crippen LogP contribution in [0.2, 0.25) is 0 Å². The van der Waals surface area contributed by atoms with Crippen LogP contribution in [0.25, 0.3) is 5.70 Å². The molecule has 160 valence electrons.